The van der Waals surface area contributed by atoms with E-state index in [1.54, 1.807) is 0 Å². The van der Waals surface area contributed by atoms with Crippen LogP contribution in [0.25, 0.3) is 0 Å². The van der Waals surface area contributed by atoms with Crippen molar-refractivity contribution < 1.29 is 9.90 Å². The minimum absolute atomic E-state index is 0.166. The van der Waals surface area contributed by atoms with Crippen LogP contribution < -0.4 is 11.3 Å². The number of hydrogen-bond donors (Lipinski definition) is 3. The van der Waals surface area contributed by atoms with Crippen LogP contribution in [0, 0.1) is 0 Å². The van der Waals surface area contributed by atoms with Gasteiger partial charge in [-0.05, 0) is 24.6 Å². The minimum atomic E-state index is -0.251. The molecule has 0 aromatic heterocycles. The van der Waals surface area contributed by atoms with Crippen LogP contribution in [0.2, 0.25) is 0 Å². The van der Waals surface area contributed by atoms with Crippen LogP contribution in [0.3, 0.4) is 0 Å². The molecule has 5 heteroatoms. The Balaban J connectivity index is 2.68. The van der Waals surface area contributed by atoms with Gasteiger partial charge in [0.1, 0.15) is 0 Å². The summed E-state index contributed by atoms with van der Waals surface area (Å²) in [5, 5.41) is 8.95. The Labute approximate surface area is 114 Å². The summed E-state index contributed by atoms with van der Waals surface area (Å²) >= 11 is 0. The van der Waals surface area contributed by atoms with Crippen molar-refractivity contribution in [1.82, 2.24) is 10.3 Å². The van der Waals surface area contributed by atoms with E-state index < -0.39 is 0 Å². The molecule has 0 fully saturated rings. The highest BCUT2D eigenvalue weighted by Gasteiger charge is 2.13. The molecule has 1 rings (SSSR count). The zero-order chi connectivity index (χ0) is 14.3. The molecule has 1 aromatic carbocycles. The van der Waals surface area contributed by atoms with Crippen molar-refractivity contribution >= 4 is 5.91 Å². The van der Waals surface area contributed by atoms with Gasteiger partial charge in [0.05, 0.1) is 12.5 Å². The number of likely N-dealkylation sites (N-methyl/N-ethyl adjacent to an activating group) is 1. The van der Waals surface area contributed by atoms with E-state index in [1.807, 2.05) is 31.2 Å². The lowest BCUT2D eigenvalue weighted by atomic mass is 9.99. The van der Waals surface area contributed by atoms with Gasteiger partial charge in [-0.15, -0.1) is 0 Å². The third-order valence-corrected chi connectivity index (χ3v) is 3.28. The lowest BCUT2D eigenvalue weighted by Gasteiger charge is -2.19. The summed E-state index contributed by atoms with van der Waals surface area (Å²) in [5.74, 6) is 4.68. The number of benzene rings is 1. The normalized spacial score (nSPS) is 12.5. The molecule has 0 aliphatic heterocycles. The van der Waals surface area contributed by atoms with E-state index in [1.165, 1.54) is 5.56 Å². The van der Waals surface area contributed by atoms with E-state index in [9.17, 15) is 4.79 Å². The molecule has 0 aliphatic rings. The van der Waals surface area contributed by atoms with E-state index >= 15 is 0 Å². The number of nitrogens with zero attached hydrogens (tertiary/aromatic N) is 1. The van der Waals surface area contributed by atoms with Crippen molar-refractivity contribution in [2.75, 3.05) is 19.7 Å². The number of carbonyl (C=O) groups is 1. The van der Waals surface area contributed by atoms with Gasteiger partial charge in [-0.25, -0.2) is 5.84 Å². The molecule has 0 saturated carbocycles. The van der Waals surface area contributed by atoms with Crippen LogP contribution in [0.15, 0.2) is 24.3 Å². The highest BCUT2D eigenvalue weighted by molar-refractivity contribution is 5.82. The van der Waals surface area contributed by atoms with E-state index in [0.717, 1.165) is 18.7 Å². The van der Waals surface area contributed by atoms with Gasteiger partial charge in [0.2, 0.25) is 5.91 Å². The monoisotopic (exact) mass is 265 g/mol. The highest BCUT2D eigenvalue weighted by atomic mass is 16.3. The van der Waals surface area contributed by atoms with Crippen molar-refractivity contribution in [2.24, 2.45) is 5.84 Å². The first kappa shape index (κ1) is 15.6. The Hall–Kier alpha value is -1.43. The highest BCUT2D eigenvalue weighted by Crippen LogP contribution is 2.16. The number of carbonyl (C=O) groups excluding carboxylic acids is 1. The zero-order valence-electron chi connectivity index (χ0n) is 11.6. The molecule has 0 radical (unpaired) electrons. The molecule has 4 N–H and O–H groups in total. The fraction of sp³-hybridized carbons (Fsp3) is 0.500. The number of hydrazine groups is 1. The van der Waals surface area contributed by atoms with Gasteiger partial charge in [-0.2, -0.15) is 0 Å². The van der Waals surface area contributed by atoms with Gasteiger partial charge in [0.15, 0.2) is 0 Å². The van der Waals surface area contributed by atoms with Crippen LogP contribution in [0.5, 0.6) is 0 Å². The first-order valence-electron chi connectivity index (χ1n) is 6.54. The number of aliphatic hydroxyl groups excluding tert-OH is 1. The standard InChI is InChI=1S/C14H23N3O2/c1-3-17(8-9-18)10-12-4-6-13(7-5-12)11(2)14(19)16-15/h4-7,11,18H,3,8-10,15H2,1-2H3,(H,16,19). The number of nitrogens with one attached hydrogen (secondary N) is 1. The van der Waals surface area contributed by atoms with Gasteiger partial charge in [-0.3, -0.25) is 15.1 Å². The summed E-state index contributed by atoms with van der Waals surface area (Å²) in [6.45, 7) is 6.42. The van der Waals surface area contributed by atoms with Gasteiger partial charge >= 0.3 is 0 Å². The van der Waals surface area contributed by atoms with Crippen LogP contribution in [0.4, 0.5) is 0 Å². The van der Waals surface area contributed by atoms with Crippen molar-refractivity contribution in [3.63, 3.8) is 0 Å². The van der Waals surface area contributed by atoms with Crippen molar-refractivity contribution in [3.05, 3.63) is 35.4 Å². The molecule has 0 aliphatic carbocycles. The number of rotatable bonds is 7. The second-order valence-corrected chi connectivity index (χ2v) is 4.56. The molecule has 0 bridgehead atoms. The third-order valence-electron chi connectivity index (χ3n) is 3.28. The molecule has 5 nitrogen and oxygen atoms in total. The van der Waals surface area contributed by atoms with Gasteiger partial charge in [-0.1, -0.05) is 31.2 Å². The van der Waals surface area contributed by atoms with Crippen molar-refractivity contribution in [2.45, 2.75) is 26.3 Å². The van der Waals surface area contributed by atoms with E-state index in [-0.39, 0.29) is 18.4 Å². The maximum Gasteiger partial charge on any atom is 0.241 e. The first-order valence-corrected chi connectivity index (χ1v) is 6.54. The molecular weight excluding hydrogens is 242 g/mol. The fourth-order valence-electron chi connectivity index (χ4n) is 1.94. The molecular formula is C14H23N3O2. The average molecular weight is 265 g/mol. The van der Waals surface area contributed by atoms with Crippen LogP contribution in [-0.4, -0.2) is 35.6 Å². The molecule has 1 unspecified atom stereocenters. The van der Waals surface area contributed by atoms with Crippen LogP contribution in [-0.2, 0) is 11.3 Å². The smallest absolute Gasteiger partial charge is 0.241 e. The molecule has 0 heterocycles. The van der Waals surface area contributed by atoms with Crippen LogP contribution >= 0.6 is 0 Å². The van der Waals surface area contributed by atoms with E-state index in [0.29, 0.717) is 6.54 Å². The van der Waals surface area contributed by atoms with E-state index in [2.05, 4.69) is 17.2 Å². The number of nitrogens with two attached hydrogens (primary N) is 1. The molecule has 106 valence electrons. The first-order chi connectivity index (χ1) is 9.12. The maximum absolute atomic E-state index is 11.4. The van der Waals surface area contributed by atoms with Gasteiger partial charge in [0.25, 0.3) is 0 Å². The maximum atomic E-state index is 11.4. The van der Waals surface area contributed by atoms with Crippen LogP contribution in [0.1, 0.15) is 30.9 Å². The molecule has 1 amide bonds. The SMILES string of the molecule is CCN(CCO)Cc1ccc(C(C)C(=O)NN)cc1. The Morgan fingerprint density at radius 3 is 2.53 bits per heavy atom. The molecule has 0 saturated heterocycles. The molecule has 1 aromatic rings. The Morgan fingerprint density at radius 1 is 1.42 bits per heavy atom. The summed E-state index contributed by atoms with van der Waals surface area (Å²) in [7, 11) is 0. The van der Waals surface area contributed by atoms with Gasteiger partial charge < -0.3 is 5.11 Å². The zero-order valence-corrected chi connectivity index (χ0v) is 11.6. The summed E-state index contributed by atoms with van der Waals surface area (Å²) in [5.41, 5.74) is 4.27. The lowest BCUT2D eigenvalue weighted by molar-refractivity contribution is -0.122. The Morgan fingerprint density at radius 2 is 2.05 bits per heavy atom. The Bertz CT molecular complexity index is 392. The summed E-state index contributed by atoms with van der Waals surface area (Å²) in [4.78, 5) is 13.6. The average Bonchev–Trinajstić information content (AvgIpc) is 2.45. The number of hydrogen-bond acceptors (Lipinski definition) is 4. The quantitative estimate of drug-likeness (QED) is 0.383. The molecule has 1 atom stereocenters. The summed E-state index contributed by atoms with van der Waals surface area (Å²) < 4.78 is 0. The lowest BCUT2D eigenvalue weighted by Crippen LogP contribution is -2.33. The molecule has 19 heavy (non-hydrogen) atoms. The summed E-state index contributed by atoms with van der Waals surface area (Å²) in [6, 6.07) is 7.91. The molecule has 0 spiro atoms. The van der Waals surface area contributed by atoms with E-state index in [4.69, 9.17) is 10.9 Å². The predicted octanol–water partition coefficient (Wildman–Crippen LogP) is 0.594. The second kappa shape index (κ2) is 7.89. The van der Waals surface area contributed by atoms with Crippen molar-refractivity contribution in [1.29, 1.82) is 0 Å². The van der Waals surface area contributed by atoms with Crippen molar-refractivity contribution in [3.8, 4) is 0 Å². The fourth-order valence-corrected chi connectivity index (χ4v) is 1.94. The number of aliphatic hydroxyl groups is 1. The largest absolute Gasteiger partial charge is 0.395 e. The minimum Gasteiger partial charge on any atom is -0.395 e. The second-order valence-electron chi connectivity index (χ2n) is 4.56. The Kier molecular flexibility index (Phi) is 6.49. The topological polar surface area (TPSA) is 78.6 Å². The predicted molar refractivity (Wildman–Crippen MR) is 75.2 cm³/mol. The summed E-state index contributed by atoms with van der Waals surface area (Å²) in [6.07, 6.45) is 0. The third kappa shape index (κ3) is 4.63. The van der Waals surface area contributed by atoms with Gasteiger partial charge in [0, 0.05) is 13.1 Å². The number of amides is 1.